The fourth-order valence-electron chi connectivity index (χ4n) is 0.852. The molecule has 13 heavy (non-hydrogen) atoms. The lowest BCUT2D eigenvalue weighted by atomic mass is 10.3. The summed E-state index contributed by atoms with van der Waals surface area (Å²) in [6.45, 7) is 2.16. The first-order valence-electron chi connectivity index (χ1n) is 3.92. The molecule has 0 N–H and O–H groups in total. The Morgan fingerprint density at radius 2 is 1.85 bits per heavy atom. The maximum atomic E-state index is 12.6. The van der Waals surface area contributed by atoms with Gasteiger partial charge in [0.15, 0.2) is 0 Å². The van der Waals surface area contributed by atoms with Gasteiger partial charge in [-0.05, 0) is 6.92 Å². The molecule has 1 aromatic rings. The van der Waals surface area contributed by atoms with Crippen molar-refractivity contribution in [2.75, 3.05) is 6.61 Å². The predicted molar refractivity (Wildman–Crippen MR) is 46.7 cm³/mol. The summed E-state index contributed by atoms with van der Waals surface area (Å²) in [5.74, 6) is -1.05. The molecule has 0 bridgehead atoms. The zero-order valence-corrected chi connectivity index (χ0v) is 7.26. The van der Waals surface area contributed by atoms with Gasteiger partial charge in [0.1, 0.15) is 24.0 Å². The fourth-order valence-corrected chi connectivity index (χ4v) is 0.852. The Morgan fingerprint density at radius 1 is 1.23 bits per heavy atom. The van der Waals surface area contributed by atoms with Crippen LogP contribution in [-0.2, 0) is 0 Å². The number of allylic oxidation sites excluding steroid dienone is 1. The first kappa shape index (κ1) is 9.71. The summed E-state index contributed by atoms with van der Waals surface area (Å²) in [5.41, 5.74) is 0. The first-order valence-corrected chi connectivity index (χ1v) is 3.92. The van der Waals surface area contributed by atoms with E-state index < -0.39 is 11.6 Å². The molecule has 0 spiro atoms. The van der Waals surface area contributed by atoms with E-state index >= 15 is 0 Å². The highest BCUT2D eigenvalue weighted by Gasteiger charge is 1.99. The zero-order valence-electron chi connectivity index (χ0n) is 7.26. The Labute approximate surface area is 75.6 Å². The van der Waals surface area contributed by atoms with E-state index in [4.69, 9.17) is 4.74 Å². The van der Waals surface area contributed by atoms with Gasteiger partial charge in [-0.25, -0.2) is 8.78 Å². The Balaban J connectivity index is 2.66. The van der Waals surface area contributed by atoms with Gasteiger partial charge in [0.05, 0.1) is 0 Å². The molecular formula is C10H10F2O. The van der Waals surface area contributed by atoms with Crippen molar-refractivity contribution in [3.05, 3.63) is 42.0 Å². The summed E-state index contributed by atoms with van der Waals surface area (Å²) >= 11 is 0. The van der Waals surface area contributed by atoms with Crippen LogP contribution in [0.25, 0.3) is 0 Å². The van der Waals surface area contributed by atoms with Gasteiger partial charge in [0.2, 0.25) is 0 Å². The van der Waals surface area contributed by atoms with Gasteiger partial charge in [-0.3, -0.25) is 0 Å². The van der Waals surface area contributed by atoms with E-state index in [2.05, 4.69) is 0 Å². The number of hydrogen-bond acceptors (Lipinski definition) is 1. The average Bonchev–Trinajstić information content (AvgIpc) is 2.03. The number of benzene rings is 1. The van der Waals surface area contributed by atoms with Gasteiger partial charge >= 0.3 is 0 Å². The minimum atomic E-state index is -0.629. The topological polar surface area (TPSA) is 9.23 Å². The maximum absolute atomic E-state index is 12.6. The molecule has 3 heteroatoms. The molecule has 0 aromatic heterocycles. The monoisotopic (exact) mass is 184 g/mol. The molecule has 0 saturated carbocycles. The average molecular weight is 184 g/mol. The standard InChI is InChI=1S/C10H10F2O/c1-2-3-4-13-10-6-8(11)5-9(12)7-10/h2-3,5-7H,4H2,1H3. The molecular weight excluding hydrogens is 174 g/mol. The number of hydrogen-bond donors (Lipinski definition) is 0. The Morgan fingerprint density at radius 3 is 2.38 bits per heavy atom. The second-order valence-corrected chi connectivity index (χ2v) is 2.49. The van der Waals surface area contributed by atoms with Crippen LogP contribution in [0.15, 0.2) is 30.4 Å². The number of ether oxygens (including phenoxy) is 1. The van der Waals surface area contributed by atoms with E-state index in [0.717, 1.165) is 18.2 Å². The molecule has 0 saturated heterocycles. The molecule has 0 aliphatic rings. The van der Waals surface area contributed by atoms with Crippen LogP contribution in [0, 0.1) is 11.6 Å². The van der Waals surface area contributed by atoms with E-state index in [9.17, 15) is 8.78 Å². The smallest absolute Gasteiger partial charge is 0.129 e. The minimum Gasteiger partial charge on any atom is -0.489 e. The molecule has 1 nitrogen and oxygen atoms in total. The molecule has 70 valence electrons. The zero-order chi connectivity index (χ0) is 9.68. The molecule has 0 unspecified atom stereocenters. The van der Waals surface area contributed by atoms with E-state index in [1.165, 1.54) is 0 Å². The van der Waals surface area contributed by atoms with E-state index in [-0.39, 0.29) is 5.75 Å². The predicted octanol–water partition coefficient (Wildman–Crippen LogP) is 2.92. The second-order valence-electron chi connectivity index (χ2n) is 2.49. The van der Waals surface area contributed by atoms with Gasteiger partial charge in [-0.15, -0.1) is 0 Å². The van der Waals surface area contributed by atoms with E-state index in [1.54, 1.807) is 12.2 Å². The van der Waals surface area contributed by atoms with Crippen molar-refractivity contribution in [3.8, 4) is 5.75 Å². The largest absolute Gasteiger partial charge is 0.489 e. The van der Waals surface area contributed by atoms with E-state index in [0.29, 0.717) is 6.61 Å². The fraction of sp³-hybridized carbons (Fsp3) is 0.200. The lowest BCUT2D eigenvalue weighted by Crippen LogP contribution is -1.94. The SMILES string of the molecule is CC=CCOc1cc(F)cc(F)c1. The molecule has 1 rings (SSSR count). The maximum Gasteiger partial charge on any atom is 0.129 e. The highest BCUT2D eigenvalue weighted by molar-refractivity contribution is 5.23. The van der Waals surface area contributed by atoms with Gasteiger partial charge < -0.3 is 4.74 Å². The van der Waals surface area contributed by atoms with Crippen molar-refractivity contribution in [3.63, 3.8) is 0 Å². The molecule has 0 radical (unpaired) electrons. The van der Waals surface area contributed by atoms with Gasteiger partial charge in [-0.1, -0.05) is 12.2 Å². The lowest BCUT2D eigenvalue weighted by molar-refractivity contribution is 0.357. The molecule has 0 aliphatic carbocycles. The van der Waals surface area contributed by atoms with Crippen LogP contribution < -0.4 is 4.74 Å². The number of halogens is 2. The van der Waals surface area contributed by atoms with Crippen LogP contribution in [-0.4, -0.2) is 6.61 Å². The summed E-state index contributed by atoms with van der Waals surface area (Å²) in [7, 11) is 0. The second kappa shape index (κ2) is 4.60. The van der Waals surface area contributed by atoms with Gasteiger partial charge in [0.25, 0.3) is 0 Å². The van der Waals surface area contributed by atoms with E-state index in [1.807, 2.05) is 6.92 Å². The highest BCUT2D eigenvalue weighted by Crippen LogP contribution is 2.14. The summed E-state index contributed by atoms with van der Waals surface area (Å²) in [6, 6.07) is 3.10. The molecule has 0 amide bonds. The highest BCUT2D eigenvalue weighted by atomic mass is 19.1. The van der Waals surface area contributed by atoms with Crippen molar-refractivity contribution < 1.29 is 13.5 Å². The number of rotatable bonds is 3. The summed E-state index contributed by atoms with van der Waals surface area (Å²) < 4.78 is 30.2. The molecule has 1 aromatic carbocycles. The van der Waals surface area contributed by atoms with Crippen LogP contribution in [0.1, 0.15) is 6.92 Å². The summed E-state index contributed by atoms with van der Waals surface area (Å²) in [5, 5.41) is 0. The van der Waals surface area contributed by atoms with Crippen molar-refractivity contribution >= 4 is 0 Å². The van der Waals surface area contributed by atoms with Crippen molar-refractivity contribution in [1.29, 1.82) is 0 Å². The van der Waals surface area contributed by atoms with Crippen LogP contribution in [0.2, 0.25) is 0 Å². The van der Waals surface area contributed by atoms with Crippen LogP contribution in [0.3, 0.4) is 0 Å². The third-order valence-corrected chi connectivity index (χ3v) is 1.42. The Hall–Kier alpha value is -1.38. The van der Waals surface area contributed by atoms with Crippen LogP contribution in [0.5, 0.6) is 5.75 Å². The Kier molecular flexibility index (Phi) is 3.43. The summed E-state index contributed by atoms with van der Waals surface area (Å²) in [6.07, 6.45) is 3.55. The third kappa shape index (κ3) is 3.23. The Bertz CT molecular complexity index is 288. The van der Waals surface area contributed by atoms with Gasteiger partial charge in [0, 0.05) is 18.2 Å². The van der Waals surface area contributed by atoms with Crippen LogP contribution in [0.4, 0.5) is 8.78 Å². The molecule has 0 heterocycles. The van der Waals surface area contributed by atoms with Gasteiger partial charge in [-0.2, -0.15) is 0 Å². The minimum absolute atomic E-state index is 0.204. The van der Waals surface area contributed by atoms with Crippen molar-refractivity contribution in [2.45, 2.75) is 6.92 Å². The molecule has 0 aliphatic heterocycles. The van der Waals surface area contributed by atoms with Crippen molar-refractivity contribution in [2.24, 2.45) is 0 Å². The normalized spacial score (nSPS) is 10.7. The first-order chi connectivity index (χ1) is 6.22. The summed E-state index contributed by atoms with van der Waals surface area (Å²) in [4.78, 5) is 0. The lowest BCUT2D eigenvalue weighted by Gasteiger charge is -2.02. The quantitative estimate of drug-likeness (QED) is 0.656. The van der Waals surface area contributed by atoms with Crippen molar-refractivity contribution in [1.82, 2.24) is 0 Å². The van der Waals surface area contributed by atoms with Crippen LogP contribution >= 0.6 is 0 Å². The molecule has 0 atom stereocenters. The third-order valence-electron chi connectivity index (χ3n) is 1.42. The molecule has 0 fully saturated rings.